The summed E-state index contributed by atoms with van der Waals surface area (Å²) in [4.78, 5) is 36.0. The third-order valence-electron chi connectivity index (χ3n) is 5.48. The highest BCUT2D eigenvalue weighted by Gasteiger charge is 2.33. The molecule has 1 aliphatic rings. The van der Waals surface area contributed by atoms with Gasteiger partial charge < -0.3 is 11.1 Å². The third kappa shape index (κ3) is 4.76. The molecule has 3 N–H and O–H groups in total. The number of benzene rings is 1. The molecule has 7 nitrogen and oxygen atoms in total. The number of nitrogens with zero attached hydrogens (tertiary/aromatic N) is 1. The van der Waals surface area contributed by atoms with Crippen LogP contribution in [0, 0.1) is 21.4 Å². The maximum absolute atomic E-state index is 12.4. The number of carbonyl (C=O) groups is 2. The number of fused-ring (bicyclic) bond motifs is 1. The van der Waals surface area contributed by atoms with E-state index in [1.54, 1.807) is 12.1 Å². The molecule has 1 aromatic heterocycles. The molecule has 1 unspecified atom stereocenters. The van der Waals surface area contributed by atoms with Gasteiger partial charge in [0.1, 0.15) is 5.00 Å². The maximum Gasteiger partial charge on any atom is 0.270 e. The van der Waals surface area contributed by atoms with Gasteiger partial charge in [-0.1, -0.05) is 32.9 Å². The van der Waals surface area contributed by atoms with Crippen LogP contribution in [-0.2, 0) is 17.6 Å². The highest BCUT2D eigenvalue weighted by molar-refractivity contribution is 7.17. The van der Waals surface area contributed by atoms with Gasteiger partial charge in [-0.3, -0.25) is 19.7 Å². The van der Waals surface area contributed by atoms with Crippen molar-refractivity contribution >= 4 is 39.9 Å². The minimum Gasteiger partial charge on any atom is -0.365 e. The lowest BCUT2D eigenvalue weighted by atomic mass is 9.72. The van der Waals surface area contributed by atoms with E-state index in [9.17, 15) is 19.7 Å². The van der Waals surface area contributed by atoms with E-state index in [4.69, 9.17) is 5.73 Å². The van der Waals surface area contributed by atoms with E-state index in [0.29, 0.717) is 22.0 Å². The number of amides is 2. The second kappa shape index (κ2) is 8.39. The molecule has 0 saturated carbocycles. The van der Waals surface area contributed by atoms with Crippen LogP contribution >= 0.6 is 11.3 Å². The Bertz CT molecular complexity index is 1030. The highest BCUT2D eigenvalue weighted by Crippen LogP contribution is 2.44. The molecular weight excluding hydrogens is 402 g/mol. The summed E-state index contributed by atoms with van der Waals surface area (Å²) in [5, 5.41) is 14.1. The van der Waals surface area contributed by atoms with Crippen molar-refractivity contribution < 1.29 is 14.5 Å². The zero-order chi connectivity index (χ0) is 22.1. The number of hydrogen-bond acceptors (Lipinski definition) is 5. The molecule has 0 saturated heterocycles. The Kier molecular flexibility index (Phi) is 6.07. The normalized spacial score (nSPS) is 16.3. The van der Waals surface area contributed by atoms with E-state index < -0.39 is 16.7 Å². The van der Waals surface area contributed by atoms with Crippen molar-refractivity contribution in [3.63, 3.8) is 0 Å². The van der Waals surface area contributed by atoms with Crippen LogP contribution in [0.25, 0.3) is 6.08 Å². The molecule has 3 rings (SSSR count). The van der Waals surface area contributed by atoms with Crippen molar-refractivity contribution in [2.45, 2.75) is 40.0 Å². The van der Waals surface area contributed by atoms with E-state index in [-0.39, 0.29) is 11.1 Å². The van der Waals surface area contributed by atoms with Crippen LogP contribution < -0.4 is 11.1 Å². The lowest BCUT2D eigenvalue weighted by molar-refractivity contribution is -0.384. The van der Waals surface area contributed by atoms with Gasteiger partial charge in [-0.25, -0.2) is 0 Å². The first-order valence-corrected chi connectivity index (χ1v) is 10.6. The number of carbonyl (C=O) groups excluding carboxylic acids is 2. The van der Waals surface area contributed by atoms with Crippen LogP contribution in [-0.4, -0.2) is 16.7 Å². The first kappa shape index (κ1) is 21.7. The monoisotopic (exact) mass is 427 g/mol. The van der Waals surface area contributed by atoms with Gasteiger partial charge in [0.05, 0.1) is 10.5 Å². The maximum atomic E-state index is 12.4. The number of nitro groups is 1. The van der Waals surface area contributed by atoms with Gasteiger partial charge in [-0.15, -0.1) is 11.3 Å². The van der Waals surface area contributed by atoms with E-state index in [2.05, 4.69) is 26.1 Å². The van der Waals surface area contributed by atoms with Crippen molar-refractivity contribution in [1.29, 1.82) is 0 Å². The SMILES string of the molecule is CC(C)(C)C1CCc2c(sc(NC(=O)/C=C/c3cccc([N+](=O)[O-])c3)c2C(N)=O)C1. The predicted octanol–water partition coefficient (Wildman–Crippen LogP) is 4.56. The summed E-state index contributed by atoms with van der Waals surface area (Å²) >= 11 is 1.41. The summed E-state index contributed by atoms with van der Waals surface area (Å²) in [5.74, 6) is -0.462. The van der Waals surface area contributed by atoms with Crippen molar-refractivity contribution in [2.75, 3.05) is 5.32 Å². The number of hydrogen-bond donors (Lipinski definition) is 2. The van der Waals surface area contributed by atoms with Gasteiger partial charge in [-0.2, -0.15) is 0 Å². The summed E-state index contributed by atoms with van der Waals surface area (Å²) in [6.45, 7) is 6.64. The molecule has 1 aromatic carbocycles. The summed E-state index contributed by atoms with van der Waals surface area (Å²) in [6.07, 6.45) is 5.40. The van der Waals surface area contributed by atoms with E-state index in [0.717, 1.165) is 29.7 Å². The smallest absolute Gasteiger partial charge is 0.270 e. The fourth-order valence-electron chi connectivity index (χ4n) is 3.74. The fraction of sp³-hybridized carbons (Fsp3) is 0.364. The van der Waals surface area contributed by atoms with Gasteiger partial charge in [0.2, 0.25) is 5.91 Å². The van der Waals surface area contributed by atoms with Crippen molar-refractivity contribution in [2.24, 2.45) is 17.1 Å². The molecule has 2 amide bonds. The Labute approximate surface area is 179 Å². The zero-order valence-electron chi connectivity index (χ0n) is 17.2. The minimum absolute atomic E-state index is 0.0482. The largest absolute Gasteiger partial charge is 0.365 e. The first-order chi connectivity index (χ1) is 14.1. The molecule has 0 bridgehead atoms. The van der Waals surface area contributed by atoms with Crippen LogP contribution in [0.2, 0.25) is 0 Å². The summed E-state index contributed by atoms with van der Waals surface area (Å²) < 4.78 is 0. The molecule has 30 heavy (non-hydrogen) atoms. The minimum atomic E-state index is -0.542. The van der Waals surface area contributed by atoms with Gasteiger partial charge in [-0.05, 0) is 47.8 Å². The average Bonchev–Trinajstić information content (AvgIpc) is 3.03. The summed E-state index contributed by atoms with van der Waals surface area (Å²) in [7, 11) is 0. The summed E-state index contributed by atoms with van der Waals surface area (Å²) in [6, 6.07) is 5.99. The fourth-order valence-corrected chi connectivity index (χ4v) is 5.08. The quantitative estimate of drug-likeness (QED) is 0.413. The zero-order valence-corrected chi connectivity index (χ0v) is 18.0. The lowest BCUT2D eigenvalue weighted by Gasteiger charge is -2.33. The van der Waals surface area contributed by atoms with Gasteiger partial charge >= 0.3 is 0 Å². The van der Waals surface area contributed by atoms with Crippen molar-refractivity contribution in [3.05, 3.63) is 62.0 Å². The number of rotatable bonds is 5. The Morgan fingerprint density at radius 1 is 1.33 bits per heavy atom. The van der Waals surface area contributed by atoms with Crippen LogP contribution in [0.15, 0.2) is 30.3 Å². The van der Waals surface area contributed by atoms with Crippen molar-refractivity contribution in [1.82, 2.24) is 0 Å². The van der Waals surface area contributed by atoms with E-state index >= 15 is 0 Å². The third-order valence-corrected chi connectivity index (χ3v) is 6.65. The number of nitrogens with two attached hydrogens (primary N) is 1. The number of primary amides is 1. The molecule has 0 spiro atoms. The average molecular weight is 428 g/mol. The van der Waals surface area contributed by atoms with Crippen LogP contribution in [0.1, 0.15) is 53.6 Å². The van der Waals surface area contributed by atoms with E-state index in [1.807, 2.05) is 0 Å². The molecule has 2 aromatic rings. The molecule has 158 valence electrons. The standard InChI is InChI=1S/C22H25N3O4S/c1-22(2,3)14-8-9-16-17(12-14)30-21(19(16)20(23)27)24-18(26)10-7-13-5-4-6-15(11-13)25(28)29/h4-7,10-11,14H,8-9,12H2,1-3H3,(H2,23,27)(H,24,26)/b10-7+. The number of nitro benzene ring substituents is 1. The number of nitrogens with one attached hydrogen (secondary N) is 1. The van der Waals surface area contributed by atoms with Gasteiger partial charge in [0.15, 0.2) is 0 Å². The van der Waals surface area contributed by atoms with Crippen LogP contribution in [0.4, 0.5) is 10.7 Å². The first-order valence-electron chi connectivity index (χ1n) is 9.74. The number of anilines is 1. The van der Waals surface area contributed by atoms with Gasteiger partial charge in [0, 0.05) is 23.1 Å². The number of non-ortho nitro benzene ring substituents is 1. The topological polar surface area (TPSA) is 115 Å². The molecule has 0 aliphatic heterocycles. The van der Waals surface area contributed by atoms with Crippen LogP contribution in [0.5, 0.6) is 0 Å². The molecule has 0 radical (unpaired) electrons. The molecule has 1 aliphatic carbocycles. The lowest BCUT2D eigenvalue weighted by Crippen LogP contribution is -2.27. The molecule has 8 heteroatoms. The molecular formula is C22H25N3O4S. The van der Waals surface area contributed by atoms with Crippen molar-refractivity contribution in [3.8, 4) is 0 Å². The Balaban J connectivity index is 1.80. The predicted molar refractivity (Wildman–Crippen MR) is 119 cm³/mol. The van der Waals surface area contributed by atoms with E-state index in [1.165, 1.54) is 35.6 Å². The molecule has 1 atom stereocenters. The number of thiophene rings is 1. The Hall–Kier alpha value is -3.00. The Morgan fingerprint density at radius 2 is 2.07 bits per heavy atom. The van der Waals surface area contributed by atoms with Gasteiger partial charge in [0.25, 0.3) is 11.6 Å². The Morgan fingerprint density at radius 3 is 2.70 bits per heavy atom. The second-order valence-electron chi connectivity index (χ2n) is 8.55. The van der Waals surface area contributed by atoms with Crippen LogP contribution in [0.3, 0.4) is 0 Å². The molecule has 1 heterocycles. The highest BCUT2D eigenvalue weighted by atomic mass is 32.1. The molecule has 0 fully saturated rings. The second-order valence-corrected chi connectivity index (χ2v) is 9.66. The summed E-state index contributed by atoms with van der Waals surface area (Å²) in [5.41, 5.74) is 7.63.